The van der Waals surface area contributed by atoms with Gasteiger partial charge in [0.2, 0.25) is 0 Å². The summed E-state index contributed by atoms with van der Waals surface area (Å²) < 4.78 is 6.26. The Morgan fingerprint density at radius 1 is 1.18 bits per heavy atom. The number of aromatic nitrogens is 1. The molecule has 4 nitrogen and oxygen atoms in total. The van der Waals surface area contributed by atoms with Crippen LogP contribution in [0.5, 0.6) is 5.75 Å². The lowest BCUT2D eigenvalue weighted by Gasteiger charge is -2.43. The second-order valence-corrected chi connectivity index (χ2v) is 8.21. The fourth-order valence-electron chi connectivity index (χ4n) is 4.46. The molecule has 28 heavy (non-hydrogen) atoms. The minimum absolute atomic E-state index is 0.0123. The van der Waals surface area contributed by atoms with E-state index in [0.717, 1.165) is 31.1 Å². The van der Waals surface area contributed by atoms with Crippen molar-refractivity contribution in [2.75, 3.05) is 0 Å². The first-order valence-corrected chi connectivity index (χ1v) is 10.2. The van der Waals surface area contributed by atoms with Gasteiger partial charge in [-0.3, -0.25) is 4.79 Å². The van der Waals surface area contributed by atoms with Crippen molar-refractivity contribution in [3.05, 3.63) is 75.7 Å². The number of nitrogens with two attached hydrogens (primary N) is 1. The lowest BCUT2D eigenvalue weighted by molar-refractivity contribution is 0.107. The van der Waals surface area contributed by atoms with E-state index < -0.39 is 0 Å². The molecule has 4 rings (SSSR count). The lowest BCUT2D eigenvalue weighted by Crippen LogP contribution is -2.47. The molecule has 1 heterocycles. The molecule has 0 spiro atoms. The van der Waals surface area contributed by atoms with Crippen molar-refractivity contribution >= 4 is 22.4 Å². The van der Waals surface area contributed by atoms with Gasteiger partial charge in [-0.2, -0.15) is 0 Å². The fraction of sp³-hybridized carbons (Fsp3) is 0.348. The van der Waals surface area contributed by atoms with Crippen molar-refractivity contribution in [2.24, 2.45) is 5.73 Å². The molecule has 1 aliphatic carbocycles. The standard InChI is InChI=1S/C23H25ClN2O2/c1-15(25)23(17-5-3-2-4-6-17)10-7-18(8-11-23)28-21-13-16-9-12-26-22(27)19(16)14-20(21)24/h2-6,9,12-15,18H,7-8,10-11,25H2,1H3,(H,26,27)/t15-,18?,23?/m1/s1. The maximum Gasteiger partial charge on any atom is 0.255 e. The summed E-state index contributed by atoms with van der Waals surface area (Å²) in [6.45, 7) is 2.10. The molecule has 0 bridgehead atoms. The van der Waals surface area contributed by atoms with Gasteiger partial charge in [-0.1, -0.05) is 41.9 Å². The molecule has 0 saturated heterocycles. The quantitative estimate of drug-likeness (QED) is 0.666. The summed E-state index contributed by atoms with van der Waals surface area (Å²) >= 11 is 6.40. The normalized spacial score (nSPS) is 23.5. The predicted octanol–water partition coefficient (Wildman–Crippen LogP) is 4.79. The molecule has 1 atom stereocenters. The lowest BCUT2D eigenvalue weighted by atomic mass is 9.65. The van der Waals surface area contributed by atoms with Crippen LogP contribution in [0.15, 0.2) is 59.5 Å². The van der Waals surface area contributed by atoms with Crippen molar-refractivity contribution in [2.45, 2.75) is 50.2 Å². The van der Waals surface area contributed by atoms with Crippen LogP contribution >= 0.6 is 11.6 Å². The molecular weight excluding hydrogens is 372 g/mol. The van der Waals surface area contributed by atoms with Crippen molar-refractivity contribution in [3.63, 3.8) is 0 Å². The summed E-state index contributed by atoms with van der Waals surface area (Å²) in [6, 6.07) is 16.0. The third-order valence-electron chi connectivity index (χ3n) is 6.16. The van der Waals surface area contributed by atoms with Gasteiger partial charge in [0, 0.05) is 23.0 Å². The third-order valence-corrected chi connectivity index (χ3v) is 6.46. The van der Waals surface area contributed by atoms with E-state index in [-0.39, 0.29) is 23.1 Å². The molecule has 1 aromatic heterocycles. The highest BCUT2D eigenvalue weighted by molar-refractivity contribution is 6.32. The number of rotatable bonds is 4. The largest absolute Gasteiger partial charge is 0.489 e. The molecule has 3 aromatic rings. The van der Waals surface area contributed by atoms with E-state index in [0.29, 0.717) is 16.2 Å². The second kappa shape index (κ2) is 7.61. The predicted molar refractivity (Wildman–Crippen MR) is 114 cm³/mol. The maximum absolute atomic E-state index is 11.9. The Morgan fingerprint density at radius 2 is 1.89 bits per heavy atom. The minimum atomic E-state index is -0.145. The molecule has 3 N–H and O–H groups in total. The van der Waals surface area contributed by atoms with Crippen LogP contribution in [0.4, 0.5) is 0 Å². The smallest absolute Gasteiger partial charge is 0.255 e. The van der Waals surface area contributed by atoms with Crippen LogP contribution in [0.2, 0.25) is 5.02 Å². The summed E-state index contributed by atoms with van der Waals surface area (Å²) in [7, 11) is 0. The zero-order valence-corrected chi connectivity index (χ0v) is 16.7. The zero-order valence-electron chi connectivity index (χ0n) is 16.0. The topological polar surface area (TPSA) is 68.1 Å². The summed E-state index contributed by atoms with van der Waals surface area (Å²) in [4.78, 5) is 14.6. The molecule has 5 heteroatoms. The molecule has 0 amide bonds. The first kappa shape index (κ1) is 19.0. The van der Waals surface area contributed by atoms with E-state index in [4.69, 9.17) is 22.1 Å². The van der Waals surface area contributed by atoms with Crippen LogP contribution in [0.1, 0.15) is 38.2 Å². The number of fused-ring (bicyclic) bond motifs is 1. The zero-order chi connectivity index (χ0) is 19.7. The summed E-state index contributed by atoms with van der Waals surface area (Å²) in [6.07, 6.45) is 5.52. The molecule has 1 saturated carbocycles. The van der Waals surface area contributed by atoms with E-state index in [9.17, 15) is 4.79 Å². The number of aromatic amines is 1. The maximum atomic E-state index is 11.9. The molecule has 1 aliphatic rings. The highest BCUT2D eigenvalue weighted by Gasteiger charge is 2.40. The van der Waals surface area contributed by atoms with Gasteiger partial charge in [0.1, 0.15) is 5.75 Å². The molecular formula is C23H25ClN2O2. The Labute approximate surface area is 169 Å². The van der Waals surface area contributed by atoms with Crippen molar-refractivity contribution in [1.29, 1.82) is 0 Å². The van der Waals surface area contributed by atoms with Crippen molar-refractivity contribution in [3.8, 4) is 5.75 Å². The Kier molecular flexibility index (Phi) is 5.17. The highest BCUT2D eigenvalue weighted by atomic mass is 35.5. The van der Waals surface area contributed by atoms with E-state index >= 15 is 0 Å². The van der Waals surface area contributed by atoms with Gasteiger partial charge >= 0.3 is 0 Å². The highest BCUT2D eigenvalue weighted by Crippen LogP contribution is 2.43. The van der Waals surface area contributed by atoms with E-state index in [1.54, 1.807) is 12.3 Å². The number of benzene rings is 2. The van der Waals surface area contributed by atoms with Crippen LogP contribution in [-0.4, -0.2) is 17.1 Å². The number of hydrogen-bond donors (Lipinski definition) is 2. The van der Waals surface area contributed by atoms with Gasteiger partial charge in [0.05, 0.1) is 11.1 Å². The van der Waals surface area contributed by atoms with Gasteiger partial charge in [0.15, 0.2) is 0 Å². The second-order valence-electron chi connectivity index (χ2n) is 7.80. The van der Waals surface area contributed by atoms with Crippen molar-refractivity contribution < 1.29 is 4.74 Å². The SMILES string of the molecule is C[C@@H](N)C1(c2ccccc2)CCC(Oc2cc3cc[nH]c(=O)c3cc2Cl)CC1. The molecule has 0 aliphatic heterocycles. The Hall–Kier alpha value is -2.30. The minimum Gasteiger partial charge on any atom is -0.489 e. The molecule has 146 valence electrons. The molecule has 0 unspecified atom stereocenters. The van der Waals surface area contributed by atoms with Crippen molar-refractivity contribution in [1.82, 2.24) is 4.98 Å². The average molecular weight is 397 g/mol. The van der Waals surface area contributed by atoms with Gasteiger partial charge in [-0.05, 0) is 61.8 Å². The van der Waals surface area contributed by atoms with Crippen LogP contribution in [0, 0.1) is 0 Å². The number of halogens is 1. The Bertz CT molecular complexity index is 1020. The van der Waals surface area contributed by atoms with Gasteiger partial charge in [0.25, 0.3) is 5.56 Å². The number of pyridine rings is 1. The summed E-state index contributed by atoms with van der Waals surface area (Å²) in [5.41, 5.74) is 7.59. The first-order chi connectivity index (χ1) is 13.5. The van der Waals surface area contributed by atoms with Gasteiger partial charge in [-0.25, -0.2) is 0 Å². The van der Waals surface area contributed by atoms with Gasteiger partial charge < -0.3 is 15.5 Å². The Balaban J connectivity index is 1.54. The first-order valence-electron chi connectivity index (χ1n) is 9.78. The van der Waals surface area contributed by atoms with Gasteiger partial charge in [-0.15, -0.1) is 0 Å². The van der Waals surface area contributed by atoms with Crippen LogP contribution in [0.3, 0.4) is 0 Å². The average Bonchev–Trinajstić information content (AvgIpc) is 2.70. The molecule has 0 radical (unpaired) electrons. The number of nitrogens with one attached hydrogen (secondary N) is 1. The number of hydrogen-bond acceptors (Lipinski definition) is 3. The number of ether oxygens (including phenoxy) is 1. The molecule has 1 fully saturated rings. The van der Waals surface area contributed by atoms with Crippen LogP contribution in [-0.2, 0) is 5.41 Å². The summed E-state index contributed by atoms with van der Waals surface area (Å²) in [5, 5.41) is 1.87. The fourth-order valence-corrected chi connectivity index (χ4v) is 4.67. The molecule has 2 aromatic carbocycles. The summed E-state index contributed by atoms with van der Waals surface area (Å²) in [5.74, 6) is 0.637. The number of H-pyrrole nitrogens is 1. The van der Waals surface area contributed by atoms with E-state index in [1.807, 2.05) is 18.2 Å². The Morgan fingerprint density at radius 3 is 2.57 bits per heavy atom. The third kappa shape index (κ3) is 3.43. The monoisotopic (exact) mass is 396 g/mol. The van der Waals surface area contributed by atoms with Crippen LogP contribution in [0.25, 0.3) is 10.8 Å². The van der Waals surface area contributed by atoms with Crippen LogP contribution < -0.4 is 16.0 Å². The van der Waals surface area contributed by atoms with E-state index in [1.165, 1.54) is 5.56 Å². The van der Waals surface area contributed by atoms with E-state index in [2.05, 4.69) is 36.2 Å².